The summed E-state index contributed by atoms with van der Waals surface area (Å²) >= 11 is 0. The molecule has 0 saturated carbocycles. The number of amidine groups is 1. The van der Waals surface area contributed by atoms with Gasteiger partial charge in [-0.15, -0.1) is 10.2 Å². The van der Waals surface area contributed by atoms with Crippen molar-refractivity contribution in [3.63, 3.8) is 0 Å². The Hall–Kier alpha value is -3.06. The first-order valence-corrected chi connectivity index (χ1v) is 7.59. The summed E-state index contributed by atoms with van der Waals surface area (Å²) in [4.78, 5) is 12.4. The van der Waals surface area contributed by atoms with Gasteiger partial charge in [-0.25, -0.2) is 10.3 Å². The van der Waals surface area contributed by atoms with Gasteiger partial charge in [-0.05, 0) is 36.8 Å². The van der Waals surface area contributed by atoms with Gasteiger partial charge >= 0.3 is 5.97 Å². The summed E-state index contributed by atoms with van der Waals surface area (Å²) in [5.74, 6) is 0.335. The maximum atomic E-state index is 12.4. The molecule has 1 heterocycles. The average Bonchev–Trinajstić information content (AvgIpc) is 3.06. The van der Waals surface area contributed by atoms with E-state index < -0.39 is 6.04 Å². The molecule has 3 rings (SSSR count). The minimum atomic E-state index is -0.690. The fourth-order valence-corrected chi connectivity index (χ4v) is 2.39. The number of hydrogen-bond donors (Lipinski definition) is 3. The van der Waals surface area contributed by atoms with Crippen LogP contribution in [0.5, 0.6) is 5.75 Å². The predicted molar refractivity (Wildman–Crippen MR) is 88.6 cm³/mol. The van der Waals surface area contributed by atoms with Crippen LogP contribution in [0.2, 0.25) is 0 Å². The fraction of sp³-hybridized carbons (Fsp3) is 0.176. The van der Waals surface area contributed by atoms with Gasteiger partial charge in [0.05, 0.1) is 6.61 Å². The Kier molecular flexibility index (Phi) is 4.62. The van der Waals surface area contributed by atoms with Crippen LogP contribution in [0.4, 0.5) is 0 Å². The lowest BCUT2D eigenvalue weighted by Crippen LogP contribution is -2.47. The van der Waals surface area contributed by atoms with E-state index in [2.05, 4.69) is 16.1 Å². The van der Waals surface area contributed by atoms with Crippen LogP contribution in [0.15, 0.2) is 59.7 Å². The zero-order valence-electron chi connectivity index (χ0n) is 13.1. The maximum absolute atomic E-state index is 12.4. The lowest BCUT2D eigenvalue weighted by molar-refractivity contribution is -0.152. The molecule has 124 valence electrons. The van der Waals surface area contributed by atoms with Crippen molar-refractivity contribution in [1.82, 2.24) is 16.1 Å². The van der Waals surface area contributed by atoms with E-state index in [0.717, 1.165) is 11.1 Å². The van der Waals surface area contributed by atoms with Gasteiger partial charge in [0.2, 0.25) is 0 Å². The summed E-state index contributed by atoms with van der Waals surface area (Å²) in [7, 11) is 0. The molecule has 1 atom stereocenters. The number of carbonyl (C=O) groups is 1. The van der Waals surface area contributed by atoms with Gasteiger partial charge < -0.3 is 9.84 Å². The van der Waals surface area contributed by atoms with Gasteiger partial charge in [0.25, 0.3) is 0 Å². The molecule has 3 N–H and O–H groups in total. The van der Waals surface area contributed by atoms with Crippen LogP contribution in [0.3, 0.4) is 0 Å². The Morgan fingerprint density at radius 1 is 1.21 bits per heavy atom. The molecule has 2 aromatic rings. The molecule has 0 amide bonds. The first-order valence-electron chi connectivity index (χ1n) is 7.59. The van der Waals surface area contributed by atoms with Gasteiger partial charge in [0.15, 0.2) is 11.9 Å². The topological polar surface area (TPSA) is 86.2 Å². The molecule has 1 unspecified atom stereocenters. The van der Waals surface area contributed by atoms with Gasteiger partial charge in [0.1, 0.15) is 5.75 Å². The standard InChI is InChI=1S/C17H18N4O3/c1-2-24-17(23)15(12-6-4-3-5-7-12)21-19-16(18-20-21)13-8-10-14(22)11-9-13/h3-11,15,20,22H,2H2,1H3,(H,18,19). The van der Waals surface area contributed by atoms with E-state index in [4.69, 9.17) is 4.74 Å². The summed E-state index contributed by atoms with van der Waals surface area (Å²) in [5.41, 5.74) is 7.41. The molecule has 2 aromatic carbocycles. The van der Waals surface area contributed by atoms with Crippen LogP contribution >= 0.6 is 0 Å². The van der Waals surface area contributed by atoms with Crippen LogP contribution in [0.25, 0.3) is 0 Å². The van der Waals surface area contributed by atoms with Crippen molar-refractivity contribution in [3.8, 4) is 5.75 Å². The first kappa shape index (κ1) is 15.8. The molecular weight excluding hydrogens is 308 g/mol. The summed E-state index contributed by atoms with van der Waals surface area (Å²) < 4.78 is 5.18. The zero-order valence-corrected chi connectivity index (χ0v) is 13.1. The highest BCUT2D eigenvalue weighted by Crippen LogP contribution is 2.21. The smallest absolute Gasteiger partial charge is 0.331 e. The molecule has 0 aromatic heterocycles. The number of rotatable bonds is 5. The molecule has 0 fully saturated rings. The minimum Gasteiger partial charge on any atom is -0.508 e. The Morgan fingerprint density at radius 3 is 2.58 bits per heavy atom. The Labute approximate surface area is 139 Å². The largest absolute Gasteiger partial charge is 0.508 e. The van der Waals surface area contributed by atoms with E-state index in [1.165, 1.54) is 5.12 Å². The number of ether oxygens (including phenoxy) is 1. The highest BCUT2D eigenvalue weighted by Gasteiger charge is 2.33. The Bertz CT molecular complexity index is 731. The Balaban J connectivity index is 1.80. The van der Waals surface area contributed by atoms with Crippen molar-refractivity contribution >= 4 is 11.8 Å². The monoisotopic (exact) mass is 326 g/mol. The van der Waals surface area contributed by atoms with Gasteiger partial charge in [0, 0.05) is 5.56 Å². The highest BCUT2D eigenvalue weighted by atomic mass is 16.5. The minimum absolute atomic E-state index is 0.177. The quantitative estimate of drug-likeness (QED) is 0.725. The number of phenolic OH excluding ortho intramolecular Hbond substituents is 1. The van der Waals surface area contributed by atoms with Crippen LogP contribution in [-0.2, 0) is 9.53 Å². The first-order chi connectivity index (χ1) is 11.7. The van der Waals surface area contributed by atoms with Crippen molar-refractivity contribution in [2.75, 3.05) is 6.61 Å². The average molecular weight is 326 g/mol. The predicted octanol–water partition coefficient (Wildman–Crippen LogP) is 1.68. The van der Waals surface area contributed by atoms with E-state index in [1.54, 1.807) is 31.2 Å². The molecular formula is C17H18N4O3. The van der Waals surface area contributed by atoms with E-state index in [1.807, 2.05) is 30.3 Å². The van der Waals surface area contributed by atoms with Gasteiger partial charge in [-0.3, -0.25) is 5.43 Å². The van der Waals surface area contributed by atoms with Crippen LogP contribution < -0.4 is 11.0 Å². The lowest BCUT2D eigenvalue weighted by atomic mass is 10.1. The number of phenols is 1. The number of nitrogens with zero attached hydrogens (tertiary/aromatic N) is 2. The summed E-state index contributed by atoms with van der Waals surface area (Å²) in [6, 6.07) is 15.2. The molecule has 7 heteroatoms. The maximum Gasteiger partial charge on any atom is 0.331 e. The van der Waals surface area contributed by atoms with Crippen LogP contribution in [0.1, 0.15) is 24.1 Å². The van der Waals surface area contributed by atoms with Crippen LogP contribution in [0, 0.1) is 0 Å². The van der Waals surface area contributed by atoms with E-state index in [-0.39, 0.29) is 11.7 Å². The number of esters is 1. The number of nitrogens with one attached hydrogen (secondary N) is 2. The van der Waals surface area contributed by atoms with E-state index in [0.29, 0.717) is 12.4 Å². The van der Waals surface area contributed by atoms with E-state index in [9.17, 15) is 9.90 Å². The lowest BCUT2D eigenvalue weighted by Gasteiger charge is -2.25. The highest BCUT2D eigenvalue weighted by molar-refractivity contribution is 5.99. The number of hydrazone groups is 1. The Morgan fingerprint density at radius 2 is 1.92 bits per heavy atom. The molecule has 7 nitrogen and oxygen atoms in total. The molecule has 0 spiro atoms. The van der Waals surface area contributed by atoms with E-state index >= 15 is 0 Å². The van der Waals surface area contributed by atoms with Crippen molar-refractivity contribution in [2.45, 2.75) is 13.0 Å². The van der Waals surface area contributed by atoms with Gasteiger partial charge in [-0.1, -0.05) is 30.3 Å². The number of hydrazine groups is 2. The summed E-state index contributed by atoms with van der Waals surface area (Å²) in [5, 5.41) is 15.1. The third-order valence-electron chi connectivity index (χ3n) is 3.52. The normalized spacial score (nSPS) is 15.1. The molecule has 0 saturated heterocycles. The third kappa shape index (κ3) is 3.31. The number of carbonyl (C=O) groups excluding carboxylic acids is 1. The third-order valence-corrected chi connectivity index (χ3v) is 3.52. The van der Waals surface area contributed by atoms with Crippen molar-refractivity contribution in [3.05, 3.63) is 65.7 Å². The number of hydrogen-bond acceptors (Lipinski definition) is 7. The summed E-state index contributed by atoms with van der Waals surface area (Å²) in [6.45, 7) is 2.06. The second-order valence-electron chi connectivity index (χ2n) is 5.15. The molecule has 0 aliphatic carbocycles. The summed E-state index contributed by atoms with van der Waals surface area (Å²) in [6.07, 6.45) is 0. The molecule has 24 heavy (non-hydrogen) atoms. The molecule has 1 aliphatic rings. The van der Waals surface area contributed by atoms with Gasteiger partial charge in [-0.2, -0.15) is 0 Å². The SMILES string of the molecule is CCOC(=O)C(c1ccccc1)N1NN=C(c2ccc(O)cc2)N1. The molecule has 0 bridgehead atoms. The van der Waals surface area contributed by atoms with Crippen molar-refractivity contribution in [1.29, 1.82) is 0 Å². The van der Waals surface area contributed by atoms with Crippen molar-refractivity contribution in [2.24, 2.45) is 5.10 Å². The second kappa shape index (κ2) is 7.01. The number of benzene rings is 2. The number of aromatic hydroxyl groups is 1. The second-order valence-corrected chi connectivity index (χ2v) is 5.15. The fourth-order valence-electron chi connectivity index (χ4n) is 2.39. The van der Waals surface area contributed by atoms with Crippen LogP contribution in [-0.4, -0.2) is 28.6 Å². The van der Waals surface area contributed by atoms with Crippen molar-refractivity contribution < 1.29 is 14.6 Å². The molecule has 1 aliphatic heterocycles. The zero-order chi connectivity index (χ0) is 16.9. The molecule has 0 radical (unpaired) electrons.